The van der Waals surface area contributed by atoms with E-state index in [1.165, 1.54) is 59.8 Å². The van der Waals surface area contributed by atoms with E-state index in [0.29, 0.717) is 17.5 Å². The van der Waals surface area contributed by atoms with Crippen LogP contribution in [0.3, 0.4) is 0 Å². The second kappa shape index (κ2) is 11.1. The maximum Gasteiger partial charge on any atom is 0.164 e. The Labute approximate surface area is 309 Å². The van der Waals surface area contributed by atoms with Crippen molar-refractivity contribution in [3.8, 4) is 34.2 Å². The summed E-state index contributed by atoms with van der Waals surface area (Å²) in [7, 11) is 0. The molecule has 8 aromatic carbocycles. The highest BCUT2D eigenvalue weighted by atomic mass is 15.0. The molecular formula is C49H29N5. The highest BCUT2D eigenvalue weighted by Crippen LogP contribution is 2.42. The Kier molecular flexibility index (Phi) is 5.99. The maximum atomic E-state index is 5.08. The molecule has 0 amide bonds. The monoisotopic (exact) mass is 687 g/mol. The first-order valence-corrected chi connectivity index (χ1v) is 18.3. The van der Waals surface area contributed by atoms with E-state index in [-0.39, 0.29) is 0 Å². The van der Waals surface area contributed by atoms with Gasteiger partial charge >= 0.3 is 0 Å². The molecule has 4 aromatic heterocycles. The van der Waals surface area contributed by atoms with E-state index >= 15 is 0 Å². The Hall–Kier alpha value is -7.37. The fraction of sp³-hybridized carbons (Fsp3) is 0. The van der Waals surface area contributed by atoms with E-state index < -0.39 is 0 Å². The number of rotatable bonds is 3. The molecule has 0 fully saturated rings. The Morgan fingerprint density at radius 2 is 0.778 bits per heavy atom. The number of para-hydroxylation sites is 3. The van der Waals surface area contributed by atoms with Crippen molar-refractivity contribution in [3.63, 3.8) is 0 Å². The molecule has 0 radical (unpaired) electrons. The molecule has 0 aliphatic rings. The van der Waals surface area contributed by atoms with Crippen LogP contribution in [-0.4, -0.2) is 23.8 Å². The lowest BCUT2D eigenvalue weighted by Crippen LogP contribution is -2.00. The smallest absolute Gasteiger partial charge is 0.164 e. The number of hydrogen-bond donors (Lipinski definition) is 0. The predicted octanol–water partition coefficient (Wildman–Crippen LogP) is 12.3. The van der Waals surface area contributed by atoms with Gasteiger partial charge in [0.05, 0.1) is 33.1 Å². The highest BCUT2D eigenvalue weighted by Gasteiger charge is 2.21. The summed E-state index contributed by atoms with van der Waals surface area (Å²) >= 11 is 0. The summed E-state index contributed by atoms with van der Waals surface area (Å²) < 4.78 is 5.00. The third-order valence-corrected chi connectivity index (χ3v) is 11.1. The SMILES string of the molecule is c1ccc(-c2nc(-c3ccccc3)nc(-c3ccc4c(c3)c3cccc5c6ccc7ccccc7c6n6c7ccccc7c7cccc(c76)n4c35)n2)cc1. The van der Waals surface area contributed by atoms with Crippen LogP contribution in [0.25, 0.3) is 110 Å². The Morgan fingerprint density at radius 1 is 0.278 bits per heavy atom. The molecule has 5 nitrogen and oxygen atoms in total. The average Bonchev–Trinajstić information content (AvgIpc) is 3.76. The van der Waals surface area contributed by atoms with Gasteiger partial charge in [0.1, 0.15) is 0 Å². The van der Waals surface area contributed by atoms with Gasteiger partial charge in [0.2, 0.25) is 0 Å². The third kappa shape index (κ3) is 4.06. The van der Waals surface area contributed by atoms with Crippen molar-refractivity contribution in [1.29, 1.82) is 0 Å². The van der Waals surface area contributed by atoms with Gasteiger partial charge in [-0.15, -0.1) is 0 Å². The Balaban J connectivity index is 1.25. The molecule has 12 aromatic rings. The van der Waals surface area contributed by atoms with Crippen LogP contribution in [0.1, 0.15) is 0 Å². The number of fused-ring (bicyclic) bond motifs is 12. The summed E-state index contributed by atoms with van der Waals surface area (Å²) in [6.45, 7) is 0. The molecular weight excluding hydrogens is 659 g/mol. The van der Waals surface area contributed by atoms with Crippen molar-refractivity contribution in [2.45, 2.75) is 0 Å². The molecule has 0 spiro atoms. The molecule has 54 heavy (non-hydrogen) atoms. The van der Waals surface area contributed by atoms with Gasteiger partial charge < -0.3 is 8.80 Å². The van der Waals surface area contributed by atoms with E-state index in [4.69, 9.17) is 15.0 Å². The minimum absolute atomic E-state index is 0.644. The summed E-state index contributed by atoms with van der Waals surface area (Å²) in [6.07, 6.45) is 0. The Morgan fingerprint density at radius 3 is 1.52 bits per heavy atom. The zero-order valence-corrected chi connectivity index (χ0v) is 29.0. The van der Waals surface area contributed by atoms with E-state index in [2.05, 4.69) is 148 Å². The van der Waals surface area contributed by atoms with Gasteiger partial charge in [0, 0.05) is 54.4 Å². The summed E-state index contributed by atoms with van der Waals surface area (Å²) in [4.78, 5) is 15.1. The van der Waals surface area contributed by atoms with E-state index in [1.807, 2.05) is 36.4 Å². The zero-order valence-electron chi connectivity index (χ0n) is 29.0. The molecule has 0 unspecified atom stereocenters. The van der Waals surface area contributed by atoms with Gasteiger partial charge in [-0.3, -0.25) is 0 Å². The van der Waals surface area contributed by atoms with E-state index in [1.54, 1.807) is 0 Å². The van der Waals surface area contributed by atoms with Gasteiger partial charge in [-0.1, -0.05) is 146 Å². The summed E-state index contributed by atoms with van der Waals surface area (Å²) in [5.74, 6) is 1.95. The lowest BCUT2D eigenvalue weighted by Gasteiger charge is -2.13. The number of aromatic nitrogens is 5. The summed E-state index contributed by atoms with van der Waals surface area (Å²) in [6, 6.07) is 62.7. The Bertz CT molecular complexity index is 3430. The largest absolute Gasteiger partial charge is 0.306 e. The minimum Gasteiger partial charge on any atom is -0.306 e. The molecule has 250 valence electrons. The third-order valence-electron chi connectivity index (χ3n) is 11.1. The van der Waals surface area contributed by atoms with Crippen molar-refractivity contribution in [1.82, 2.24) is 23.8 Å². The van der Waals surface area contributed by atoms with Crippen molar-refractivity contribution in [2.24, 2.45) is 0 Å². The average molecular weight is 688 g/mol. The molecule has 0 atom stereocenters. The van der Waals surface area contributed by atoms with Gasteiger partial charge in [0.15, 0.2) is 17.5 Å². The topological polar surface area (TPSA) is 47.5 Å². The van der Waals surface area contributed by atoms with E-state index in [0.717, 1.165) is 33.1 Å². The molecule has 4 heterocycles. The van der Waals surface area contributed by atoms with Crippen molar-refractivity contribution < 1.29 is 0 Å². The minimum atomic E-state index is 0.644. The first kappa shape index (κ1) is 29.2. The molecule has 0 bridgehead atoms. The lowest BCUT2D eigenvalue weighted by atomic mass is 10.0. The first-order chi connectivity index (χ1) is 26.8. The van der Waals surface area contributed by atoms with Crippen LogP contribution in [0.15, 0.2) is 176 Å². The van der Waals surface area contributed by atoms with Crippen LogP contribution in [0.4, 0.5) is 0 Å². The van der Waals surface area contributed by atoms with Crippen molar-refractivity contribution >= 4 is 76.2 Å². The second-order valence-corrected chi connectivity index (χ2v) is 14.0. The molecule has 12 rings (SSSR count). The molecule has 0 aliphatic heterocycles. The quantitative estimate of drug-likeness (QED) is 0.186. The van der Waals surface area contributed by atoms with Gasteiger partial charge in [-0.05, 0) is 35.7 Å². The normalized spacial score (nSPS) is 12.1. The van der Waals surface area contributed by atoms with Crippen molar-refractivity contribution in [2.75, 3.05) is 0 Å². The van der Waals surface area contributed by atoms with Crippen LogP contribution in [0, 0.1) is 0 Å². The first-order valence-electron chi connectivity index (χ1n) is 18.3. The fourth-order valence-electron chi connectivity index (χ4n) is 8.74. The maximum absolute atomic E-state index is 5.08. The summed E-state index contributed by atoms with van der Waals surface area (Å²) in [5.41, 5.74) is 9.94. The van der Waals surface area contributed by atoms with Gasteiger partial charge in [0.25, 0.3) is 0 Å². The van der Waals surface area contributed by atoms with E-state index in [9.17, 15) is 0 Å². The summed E-state index contributed by atoms with van der Waals surface area (Å²) in [5, 5.41) is 9.67. The van der Waals surface area contributed by atoms with Crippen LogP contribution < -0.4 is 0 Å². The number of benzene rings is 8. The second-order valence-electron chi connectivity index (χ2n) is 14.0. The molecule has 0 saturated carbocycles. The van der Waals surface area contributed by atoms with Gasteiger partial charge in [-0.2, -0.15) is 0 Å². The predicted molar refractivity (Wildman–Crippen MR) is 223 cm³/mol. The molecule has 0 N–H and O–H groups in total. The lowest BCUT2D eigenvalue weighted by molar-refractivity contribution is 1.07. The highest BCUT2D eigenvalue weighted by molar-refractivity contribution is 6.26. The van der Waals surface area contributed by atoms with Crippen LogP contribution in [0.2, 0.25) is 0 Å². The van der Waals surface area contributed by atoms with Crippen LogP contribution in [-0.2, 0) is 0 Å². The number of hydrogen-bond acceptors (Lipinski definition) is 3. The fourth-order valence-corrected chi connectivity index (χ4v) is 8.74. The number of nitrogens with zero attached hydrogens (tertiary/aromatic N) is 5. The van der Waals surface area contributed by atoms with Crippen LogP contribution >= 0.6 is 0 Å². The molecule has 0 saturated heterocycles. The van der Waals surface area contributed by atoms with Crippen molar-refractivity contribution in [3.05, 3.63) is 176 Å². The van der Waals surface area contributed by atoms with Crippen LogP contribution in [0.5, 0.6) is 0 Å². The van der Waals surface area contributed by atoms with Gasteiger partial charge in [-0.25, -0.2) is 15.0 Å². The molecule has 5 heteroatoms. The zero-order chi connectivity index (χ0) is 35.3. The molecule has 0 aliphatic carbocycles. The standard InChI is InChI=1S/C49H29N5/c1-3-14-31(15-4-1)47-50-48(32-16-5-2-6-17-32)52-49(51-47)33-26-28-42-40(29-33)38-21-11-20-37-39-27-25-30-13-7-8-18-34(30)44(39)54-41-23-10-9-19-35(41)36-22-12-24-43(46(36)54)53(42)45(37)38/h1-29H.